The average molecular weight is 234 g/mol. The van der Waals surface area contributed by atoms with Crippen LogP contribution in [-0.4, -0.2) is 63.9 Å². The van der Waals surface area contributed by atoms with Crippen molar-refractivity contribution >= 4 is 17.8 Å². The maximum Gasteiger partial charge on any atom is 0.317 e. The lowest BCUT2D eigenvalue weighted by molar-refractivity contribution is -0.142. The highest BCUT2D eigenvalue weighted by atomic mass is 16.4. The van der Waals surface area contributed by atoms with Gasteiger partial charge in [0.2, 0.25) is 5.91 Å². The number of carbonyl (C=O) groups is 3. The molecule has 1 unspecified atom stereocenters. The molecular weight excluding hydrogens is 220 g/mol. The van der Waals surface area contributed by atoms with Gasteiger partial charge < -0.3 is 20.6 Å². The summed E-state index contributed by atoms with van der Waals surface area (Å²) in [5, 5.41) is 27.9. The van der Waals surface area contributed by atoms with Crippen LogP contribution in [0.1, 0.15) is 6.92 Å². The molecule has 16 heavy (non-hydrogen) atoms. The van der Waals surface area contributed by atoms with Crippen LogP contribution < -0.4 is 5.32 Å². The Labute approximate surface area is 91.5 Å². The lowest BCUT2D eigenvalue weighted by atomic mass is 10.4. The SMILES string of the molecule is CC(O)NC(=O)CN(CC(=O)O)CC(=O)O. The maximum atomic E-state index is 11.1. The van der Waals surface area contributed by atoms with Gasteiger partial charge in [0, 0.05) is 0 Å². The minimum atomic E-state index is -1.23. The quantitative estimate of drug-likeness (QED) is 0.372. The second-order valence-corrected chi connectivity index (χ2v) is 3.18. The first-order chi connectivity index (χ1) is 7.31. The second-order valence-electron chi connectivity index (χ2n) is 3.18. The van der Waals surface area contributed by atoms with E-state index < -0.39 is 43.7 Å². The van der Waals surface area contributed by atoms with Crippen molar-refractivity contribution in [1.29, 1.82) is 0 Å². The predicted octanol–water partition coefficient (Wildman–Crippen LogP) is -2.09. The molecule has 0 aliphatic rings. The van der Waals surface area contributed by atoms with Crippen LogP contribution in [0.15, 0.2) is 0 Å². The molecular formula is C8H14N2O6. The van der Waals surface area contributed by atoms with E-state index in [0.717, 1.165) is 4.90 Å². The Bertz CT molecular complexity index is 262. The fourth-order valence-corrected chi connectivity index (χ4v) is 1.03. The molecule has 0 radical (unpaired) electrons. The van der Waals surface area contributed by atoms with Gasteiger partial charge in [-0.05, 0) is 6.92 Å². The molecule has 0 saturated heterocycles. The van der Waals surface area contributed by atoms with Crippen LogP contribution in [-0.2, 0) is 14.4 Å². The van der Waals surface area contributed by atoms with Crippen molar-refractivity contribution in [1.82, 2.24) is 10.2 Å². The first-order valence-corrected chi connectivity index (χ1v) is 4.44. The summed E-state index contributed by atoms with van der Waals surface area (Å²) in [5.41, 5.74) is 0. The van der Waals surface area contributed by atoms with E-state index in [4.69, 9.17) is 15.3 Å². The van der Waals surface area contributed by atoms with E-state index in [1.807, 2.05) is 0 Å². The fourth-order valence-electron chi connectivity index (χ4n) is 1.03. The molecule has 1 amide bonds. The molecule has 0 aliphatic carbocycles. The van der Waals surface area contributed by atoms with Crippen LogP contribution in [0.3, 0.4) is 0 Å². The van der Waals surface area contributed by atoms with E-state index in [-0.39, 0.29) is 0 Å². The molecule has 0 aromatic carbocycles. The van der Waals surface area contributed by atoms with Gasteiger partial charge in [0.25, 0.3) is 0 Å². The molecule has 0 bridgehead atoms. The van der Waals surface area contributed by atoms with E-state index in [0.29, 0.717) is 0 Å². The Balaban J connectivity index is 4.24. The molecule has 0 saturated carbocycles. The van der Waals surface area contributed by atoms with Crippen molar-refractivity contribution in [3.05, 3.63) is 0 Å². The molecule has 8 heteroatoms. The lowest BCUT2D eigenvalue weighted by Crippen LogP contribution is -2.44. The van der Waals surface area contributed by atoms with Gasteiger partial charge in [-0.25, -0.2) is 0 Å². The van der Waals surface area contributed by atoms with Crippen LogP contribution in [0.4, 0.5) is 0 Å². The molecule has 0 aliphatic heterocycles. The molecule has 1 atom stereocenters. The monoisotopic (exact) mass is 234 g/mol. The molecule has 0 heterocycles. The maximum absolute atomic E-state index is 11.1. The van der Waals surface area contributed by atoms with Crippen molar-refractivity contribution in [2.45, 2.75) is 13.2 Å². The number of nitrogens with one attached hydrogen (secondary N) is 1. The molecule has 4 N–H and O–H groups in total. The Morgan fingerprint density at radius 1 is 1.12 bits per heavy atom. The summed E-state index contributed by atoms with van der Waals surface area (Å²) in [7, 11) is 0. The van der Waals surface area contributed by atoms with Gasteiger partial charge in [0.15, 0.2) is 0 Å². The number of aliphatic hydroxyl groups excluding tert-OH is 1. The Morgan fingerprint density at radius 2 is 1.56 bits per heavy atom. The molecule has 0 aromatic heterocycles. The first kappa shape index (κ1) is 14.3. The highest BCUT2D eigenvalue weighted by molar-refractivity contribution is 5.80. The van der Waals surface area contributed by atoms with Crippen molar-refractivity contribution < 1.29 is 29.7 Å². The highest BCUT2D eigenvalue weighted by Crippen LogP contribution is 1.89. The van der Waals surface area contributed by atoms with Crippen LogP contribution in [0, 0.1) is 0 Å². The number of amides is 1. The van der Waals surface area contributed by atoms with Crippen molar-refractivity contribution in [2.75, 3.05) is 19.6 Å². The predicted molar refractivity (Wildman–Crippen MR) is 51.5 cm³/mol. The van der Waals surface area contributed by atoms with Crippen molar-refractivity contribution in [3.8, 4) is 0 Å². The minimum Gasteiger partial charge on any atom is -0.480 e. The van der Waals surface area contributed by atoms with Crippen molar-refractivity contribution in [2.24, 2.45) is 0 Å². The van der Waals surface area contributed by atoms with Gasteiger partial charge >= 0.3 is 11.9 Å². The molecule has 8 nitrogen and oxygen atoms in total. The van der Waals surface area contributed by atoms with Crippen LogP contribution in [0.2, 0.25) is 0 Å². The standard InChI is InChI=1S/C8H14N2O6/c1-5(11)9-6(12)2-10(3-7(13)14)4-8(15)16/h5,11H,2-4H2,1H3,(H,9,12)(H,13,14)(H,15,16). The van der Waals surface area contributed by atoms with Gasteiger partial charge in [-0.3, -0.25) is 19.3 Å². The van der Waals surface area contributed by atoms with Crippen LogP contribution in [0.25, 0.3) is 0 Å². The number of carbonyl (C=O) groups excluding carboxylic acids is 1. The number of hydrogen-bond acceptors (Lipinski definition) is 5. The Morgan fingerprint density at radius 3 is 1.88 bits per heavy atom. The van der Waals surface area contributed by atoms with Gasteiger partial charge in [-0.15, -0.1) is 0 Å². The molecule has 0 spiro atoms. The molecule has 0 rings (SSSR count). The summed E-state index contributed by atoms with van der Waals surface area (Å²) in [5.74, 6) is -3.10. The second kappa shape index (κ2) is 6.75. The summed E-state index contributed by atoms with van der Waals surface area (Å²) in [4.78, 5) is 32.8. The van der Waals surface area contributed by atoms with E-state index in [1.54, 1.807) is 0 Å². The highest BCUT2D eigenvalue weighted by Gasteiger charge is 2.17. The zero-order chi connectivity index (χ0) is 12.7. The largest absolute Gasteiger partial charge is 0.480 e. The third kappa shape index (κ3) is 7.71. The van der Waals surface area contributed by atoms with Crippen LogP contribution in [0.5, 0.6) is 0 Å². The summed E-state index contributed by atoms with van der Waals surface area (Å²) >= 11 is 0. The number of carboxylic acid groups (broad SMARTS) is 2. The normalized spacial score (nSPS) is 12.2. The minimum absolute atomic E-state index is 0.399. The average Bonchev–Trinajstić information content (AvgIpc) is 1.97. The molecule has 92 valence electrons. The number of aliphatic hydroxyl groups is 1. The third-order valence-electron chi connectivity index (χ3n) is 1.45. The number of rotatable bonds is 7. The molecule has 0 aromatic rings. The summed E-state index contributed by atoms with van der Waals surface area (Å²) in [6, 6.07) is 0. The fraction of sp³-hybridized carbons (Fsp3) is 0.625. The Kier molecular flexibility index (Phi) is 6.04. The Hall–Kier alpha value is -1.67. The van der Waals surface area contributed by atoms with Gasteiger partial charge in [-0.1, -0.05) is 0 Å². The van der Waals surface area contributed by atoms with Gasteiger partial charge in [-0.2, -0.15) is 0 Å². The summed E-state index contributed by atoms with van der Waals surface area (Å²) in [6.07, 6.45) is -1.07. The third-order valence-corrected chi connectivity index (χ3v) is 1.45. The topological polar surface area (TPSA) is 127 Å². The zero-order valence-electron chi connectivity index (χ0n) is 8.71. The van der Waals surface area contributed by atoms with Gasteiger partial charge in [0.05, 0.1) is 19.6 Å². The number of nitrogens with zero attached hydrogens (tertiary/aromatic N) is 1. The van der Waals surface area contributed by atoms with Crippen molar-refractivity contribution in [3.63, 3.8) is 0 Å². The lowest BCUT2D eigenvalue weighted by Gasteiger charge is -2.17. The van der Waals surface area contributed by atoms with E-state index in [2.05, 4.69) is 5.32 Å². The van der Waals surface area contributed by atoms with Gasteiger partial charge in [0.1, 0.15) is 6.23 Å². The number of hydrogen-bond donors (Lipinski definition) is 4. The first-order valence-electron chi connectivity index (χ1n) is 4.44. The van der Waals surface area contributed by atoms with Crippen LogP contribution >= 0.6 is 0 Å². The zero-order valence-corrected chi connectivity index (χ0v) is 8.71. The number of aliphatic carboxylic acids is 2. The summed E-state index contributed by atoms with van der Waals surface area (Å²) < 4.78 is 0. The number of carboxylic acids is 2. The summed E-state index contributed by atoms with van der Waals surface area (Å²) in [6.45, 7) is -0.195. The van der Waals surface area contributed by atoms with E-state index in [1.165, 1.54) is 6.92 Å². The van der Waals surface area contributed by atoms with E-state index in [9.17, 15) is 14.4 Å². The molecule has 0 fully saturated rings. The smallest absolute Gasteiger partial charge is 0.317 e. The van der Waals surface area contributed by atoms with E-state index >= 15 is 0 Å².